The number of carbonyl (C=O) groups excluding carboxylic acids is 1. The van der Waals surface area contributed by atoms with Crippen LogP contribution in [0, 0.1) is 11.3 Å². The zero-order chi connectivity index (χ0) is 18.0. The van der Waals surface area contributed by atoms with Gasteiger partial charge in [0.05, 0.1) is 0 Å². The molecular formula is C18H22N6O. The van der Waals surface area contributed by atoms with Crippen LogP contribution >= 0.6 is 0 Å². The average Bonchev–Trinajstić information content (AvgIpc) is 2.52. The van der Waals surface area contributed by atoms with E-state index in [0.29, 0.717) is 17.6 Å². The van der Waals surface area contributed by atoms with Crippen molar-refractivity contribution >= 4 is 28.3 Å². The second-order valence-electron chi connectivity index (χ2n) is 6.77. The molecule has 1 aliphatic rings. The van der Waals surface area contributed by atoms with Crippen LogP contribution in [0.4, 0.5) is 11.6 Å². The number of nitriles is 1. The normalized spacial score (nSPS) is 19.2. The molecule has 25 heavy (non-hydrogen) atoms. The fraction of sp³-hybridized carbons (Fsp3) is 0.444. The quantitative estimate of drug-likeness (QED) is 0.773. The highest BCUT2D eigenvalue weighted by molar-refractivity contribution is 5.93. The summed E-state index contributed by atoms with van der Waals surface area (Å²) < 4.78 is 0. The predicted molar refractivity (Wildman–Crippen MR) is 97.3 cm³/mol. The number of nitrogens with one attached hydrogen (secondary N) is 3. The maximum atomic E-state index is 11.1. The number of hydrogen-bond donors (Lipinski definition) is 3. The Bertz CT molecular complexity index is 835. The van der Waals surface area contributed by atoms with Gasteiger partial charge in [0.15, 0.2) is 0 Å². The molecule has 0 aliphatic heterocycles. The SMILES string of the molecule is CC(=O)NC1CC(Nc2cc3c(NC(C)C)nc(C#N)cc3cn2)C1. The van der Waals surface area contributed by atoms with Crippen LogP contribution in [0.15, 0.2) is 18.3 Å². The van der Waals surface area contributed by atoms with Crippen molar-refractivity contribution in [1.82, 2.24) is 15.3 Å². The van der Waals surface area contributed by atoms with Gasteiger partial charge in [-0.05, 0) is 38.8 Å². The van der Waals surface area contributed by atoms with E-state index in [9.17, 15) is 4.79 Å². The van der Waals surface area contributed by atoms with Crippen molar-refractivity contribution in [2.45, 2.75) is 51.7 Å². The Morgan fingerprint density at radius 1 is 1.32 bits per heavy atom. The van der Waals surface area contributed by atoms with Crippen molar-refractivity contribution in [2.75, 3.05) is 10.6 Å². The minimum Gasteiger partial charge on any atom is -0.367 e. The molecule has 7 heteroatoms. The highest BCUT2D eigenvalue weighted by atomic mass is 16.1. The van der Waals surface area contributed by atoms with Crippen LogP contribution in [-0.2, 0) is 4.79 Å². The molecule has 7 nitrogen and oxygen atoms in total. The van der Waals surface area contributed by atoms with Crippen molar-refractivity contribution in [3.63, 3.8) is 0 Å². The van der Waals surface area contributed by atoms with Gasteiger partial charge in [-0.15, -0.1) is 0 Å². The molecule has 3 N–H and O–H groups in total. The Kier molecular flexibility index (Phi) is 4.70. The number of nitrogens with zero attached hydrogens (tertiary/aromatic N) is 3. The molecule has 0 aromatic carbocycles. The highest BCUT2D eigenvalue weighted by Gasteiger charge is 2.29. The van der Waals surface area contributed by atoms with Gasteiger partial charge in [-0.2, -0.15) is 5.26 Å². The lowest BCUT2D eigenvalue weighted by atomic mass is 9.86. The summed E-state index contributed by atoms with van der Waals surface area (Å²) in [5.74, 6) is 1.48. The lowest BCUT2D eigenvalue weighted by Crippen LogP contribution is -2.49. The number of hydrogen-bond acceptors (Lipinski definition) is 6. The van der Waals surface area contributed by atoms with Crippen molar-refractivity contribution < 1.29 is 4.79 Å². The van der Waals surface area contributed by atoms with Crippen molar-refractivity contribution in [3.8, 4) is 6.07 Å². The molecule has 1 fully saturated rings. The monoisotopic (exact) mass is 338 g/mol. The van der Waals surface area contributed by atoms with E-state index in [1.54, 1.807) is 12.3 Å². The summed E-state index contributed by atoms with van der Waals surface area (Å²) in [6, 6.07) is 6.54. The van der Waals surface area contributed by atoms with Crippen LogP contribution < -0.4 is 16.0 Å². The molecule has 3 rings (SSSR count). The zero-order valence-electron chi connectivity index (χ0n) is 14.6. The van der Waals surface area contributed by atoms with E-state index in [1.807, 2.05) is 19.9 Å². The molecule has 0 saturated heterocycles. The Hall–Kier alpha value is -2.88. The van der Waals surface area contributed by atoms with Gasteiger partial charge in [-0.25, -0.2) is 9.97 Å². The maximum Gasteiger partial charge on any atom is 0.217 e. The minimum absolute atomic E-state index is 0.0102. The molecule has 0 unspecified atom stereocenters. The summed E-state index contributed by atoms with van der Waals surface area (Å²) in [7, 11) is 0. The third-order valence-corrected chi connectivity index (χ3v) is 4.15. The molecule has 0 spiro atoms. The summed E-state index contributed by atoms with van der Waals surface area (Å²) in [4.78, 5) is 19.9. The fourth-order valence-electron chi connectivity index (χ4n) is 3.02. The van der Waals surface area contributed by atoms with E-state index in [4.69, 9.17) is 5.26 Å². The van der Waals surface area contributed by atoms with Crippen molar-refractivity contribution in [1.29, 1.82) is 5.26 Å². The Morgan fingerprint density at radius 2 is 2.08 bits per heavy atom. The second kappa shape index (κ2) is 6.93. The standard InChI is InChI=1S/C18H22N6O/c1-10(2)21-18-16-7-17(20-9-12(16)4-15(8-19)24-18)23-14-5-13(6-14)22-11(3)25/h4,7,9-10,13-14H,5-6H2,1-3H3,(H,20,23)(H,21,24)(H,22,25). The number of fused-ring (bicyclic) bond motifs is 1. The lowest BCUT2D eigenvalue weighted by molar-refractivity contribution is -0.120. The first-order valence-electron chi connectivity index (χ1n) is 8.45. The molecule has 0 bridgehead atoms. The molecule has 2 aromatic rings. The number of pyridine rings is 2. The first-order valence-corrected chi connectivity index (χ1v) is 8.45. The van der Waals surface area contributed by atoms with Crippen molar-refractivity contribution in [3.05, 3.63) is 24.0 Å². The molecule has 0 atom stereocenters. The minimum atomic E-state index is 0.0102. The van der Waals surface area contributed by atoms with E-state index < -0.39 is 0 Å². The number of carbonyl (C=O) groups is 1. The van der Waals surface area contributed by atoms with Gasteiger partial charge in [0, 0.05) is 42.0 Å². The van der Waals surface area contributed by atoms with E-state index in [2.05, 4.69) is 32.0 Å². The van der Waals surface area contributed by atoms with E-state index in [1.165, 1.54) is 6.92 Å². The second-order valence-corrected chi connectivity index (χ2v) is 6.77. The van der Waals surface area contributed by atoms with Crippen LogP contribution in [0.5, 0.6) is 0 Å². The molecule has 0 radical (unpaired) electrons. The summed E-state index contributed by atoms with van der Waals surface area (Å²) in [6.07, 6.45) is 3.54. The molecule has 2 heterocycles. The van der Waals surface area contributed by atoms with Gasteiger partial charge in [-0.3, -0.25) is 4.79 Å². The third-order valence-electron chi connectivity index (χ3n) is 4.15. The summed E-state index contributed by atoms with van der Waals surface area (Å²) in [5, 5.41) is 20.6. The van der Waals surface area contributed by atoms with E-state index in [-0.39, 0.29) is 18.0 Å². The Labute approximate surface area is 146 Å². The predicted octanol–water partition coefficient (Wildman–Crippen LogP) is 2.40. The van der Waals surface area contributed by atoms with Gasteiger partial charge in [-0.1, -0.05) is 0 Å². The molecule has 2 aromatic heterocycles. The number of aromatic nitrogens is 2. The van der Waals surface area contributed by atoms with Gasteiger partial charge >= 0.3 is 0 Å². The highest BCUT2D eigenvalue weighted by Crippen LogP contribution is 2.28. The van der Waals surface area contributed by atoms with Crippen LogP contribution in [0.2, 0.25) is 0 Å². The molecular weight excluding hydrogens is 316 g/mol. The average molecular weight is 338 g/mol. The third kappa shape index (κ3) is 3.97. The summed E-state index contributed by atoms with van der Waals surface area (Å²) in [5.41, 5.74) is 0.371. The maximum absolute atomic E-state index is 11.1. The van der Waals surface area contributed by atoms with Gasteiger partial charge < -0.3 is 16.0 Å². The molecule has 1 amide bonds. The largest absolute Gasteiger partial charge is 0.367 e. The molecule has 1 saturated carbocycles. The van der Waals surface area contributed by atoms with Crippen LogP contribution in [-0.4, -0.2) is 34.0 Å². The van der Waals surface area contributed by atoms with E-state index >= 15 is 0 Å². The van der Waals surface area contributed by atoms with Gasteiger partial charge in [0.2, 0.25) is 5.91 Å². The van der Waals surface area contributed by atoms with Gasteiger partial charge in [0.1, 0.15) is 23.4 Å². The number of rotatable bonds is 5. The van der Waals surface area contributed by atoms with Crippen LogP contribution in [0.1, 0.15) is 39.3 Å². The molecule has 1 aliphatic carbocycles. The number of amides is 1. The first kappa shape index (κ1) is 17.0. The Balaban J connectivity index is 1.79. The van der Waals surface area contributed by atoms with E-state index in [0.717, 1.165) is 29.4 Å². The lowest BCUT2D eigenvalue weighted by Gasteiger charge is -2.36. The van der Waals surface area contributed by atoms with Crippen LogP contribution in [0.25, 0.3) is 10.8 Å². The topological polar surface area (TPSA) is 103 Å². The Morgan fingerprint density at radius 3 is 2.72 bits per heavy atom. The summed E-state index contributed by atoms with van der Waals surface area (Å²) in [6.45, 7) is 5.60. The molecule has 130 valence electrons. The smallest absolute Gasteiger partial charge is 0.217 e. The zero-order valence-corrected chi connectivity index (χ0v) is 14.6. The summed E-state index contributed by atoms with van der Waals surface area (Å²) >= 11 is 0. The first-order chi connectivity index (χ1) is 11.9. The fourth-order valence-corrected chi connectivity index (χ4v) is 3.02. The van der Waals surface area contributed by atoms with Crippen molar-refractivity contribution in [2.24, 2.45) is 0 Å². The number of anilines is 2. The van der Waals surface area contributed by atoms with Gasteiger partial charge in [0.25, 0.3) is 0 Å². The van der Waals surface area contributed by atoms with Crippen LogP contribution in [0.3, 0.4) is 0 Å².